The van der Waals surface area contributed by atoms with Crippen molar-refractivity contribution in [3.8, 4) is 5.75 Å². The molecule has 1 aliphatic rings. The fraction of sp³-hybridized carbons (Fsp3) is 0.458. The fourth-order valence-corrected chi connectivity index (χ4v) is 5.40. The fourth-order valence-electron chi connectivity index (χ4n) is 3.65. The van der Waals surface area contributed by atoms with Crippen LogP contribution in [0.25, 0.3) is 0 Å². The quantitative estimate of drug-likeness (QED) is 0.376. The number of hydrogen-bond acceptors (Lipinski definition) is 7. The number of rotatable bonds is 9. The van der Waals surface area contributed by atoms with Gasteiger partial charge in [0.1, 0.15) is 18.2 Å². The Bertz CT molecular complexity index is 910. The van der Waals surface area contributed by atoms with Crippen molar-refractivity contribution in [1.29, 1.82) is 0 Å². The van der Waals surface area contributed by atoms with Crippen LogP contribution in [0.4, 0.5) is 15.8 Å². The Balaban J connectivity index is 1.95. The van der Waals surface area contributed by atoms with Crippen LogP contribution < -0.4 is 9.64 Å². The second-order valence-corrected chi connectivity index (χ2v) is 9.64. The second-order valence-electron chi connectivity index (χ2n) is 7.73. The summed E-state index contributed by atoms with van der Waals surface area (Å²) >= 11 is 3.33. The molecule has 2 aromatic carbocycles. The zero-order valence-electron chi connectivity index (χ0n) is 18.7. The van der Waals surface area contributed by atoms with Gasteiger partial charge in [-0.15, -0.1) is 23.5 Å². The molecule has 0 amide bonds. The van der Waals surface area contributed by atoms with Crippen molar-refractivity contribution < 1.29 is 23.8 Å². The summed E-state index contributed by atoms with van der Waals surface area (Å²) in [7, 11) is 1.23. The predicted octanol–water partition coefficient (Wildman–Crippen LogP) is 5.51. The number of aliphatic hydroxyl groups is 1. The maximum absolute atomic E-state index is 13.6. The first kappa shape index (κ1) is 24.7. The van der Waals surface area contributed by atoms with Gasteiger partial charge < -0.3 is 19.5 Å². The number of ether oxygens (including phenoxy) is 2. The molecule has 0 aliphatic carbocycles. The molecule has 0 aromatic heterocycles. The van der Waals surface area contributed by atoms with E-state index in [1.807, 2.05) is 24.5 Å². The lowest BCUT2D eigenvalue weighted by atomic mass is 10.0. The molecule has 174 valence electrons. The molecule has 2 aromatic rings. The van der Waals surface area contributed by atoms with Crippen LogP contribution in [0.15, 0.2) is 46.2 Å². The first-order valence-corrected chi connectivity index (χ1v) is 12.9. The maximum Gasteiger partial charge on any atom is 0.338 e. The minimum atomic E-state index is -1.34. The molecule has 2 unspecified atom stereocenters. The van der Waals surface area contributed by atoms with Gasteiger partial charge in [0, 0.05) is 22.9 Å². The van der Waals surface area contributed by atoms with Gasteiger partial charge in [-0.2, -0.15) is 0 Å². The third-order valence-corrected chi connectivity index (χ3v) is 7.46. The molecule has 0 saturated heterocycles. The van der Waals surface area contributed by atoms with Crippen molar-refractivity contribution in [2.75, 3.05) is 37.2 Å². The average molecular weight is 480 g/mol. The van der Waals surface area contributed by atoms with Crippen molar-refractivity contribution in [2.45, 2.75) is 42.1 Å². The highest BCUT2D eigenvalue weighted by Gasteiger charge is 2.26. The number of anilines is 2. The number of benzene rings is 2. The van der Waals surface area contributed by atoms with Gasteiger partial charge in [0.25, 0.3) is 0 Å². The number of nitrogens with zero attached hydrogens (tertiary/aromatic N) is 1. The lowest BCUT2D eigenvalue weighted by Gasteiger charge is -2.28. The Morgan fingerprint density at radius 2 is 2.09 bits per heavy atom. The molecule has 3 rings (SSSR count). The highest BCUT2D eigenvalue weighted by Crippen LogP contribution is 2.45. The van der Waals surface area contributed by atoms with Gasteiger partial charge in [0.2, 0.25) is 0 Å². The van der Waals surface area contributed by atoms with Gasteiger partial charge >= 0.3 is 5.97 Å². The van der Waals surface area contributed by atoms with Crippen LogP contribution >= 0.6 is 23.5 Å². The Morgan fingerprint density at radius 3 is 2.75 bits per heavy atom. The number of methoxy groups -OCH3 is 1. The number of halogens is 1. The number of carbonyl (C=O) groups excluding carboxylic acids is 1. The van der Waals surface area contributed by atoms with E-state index in [9.17, 15) is 14.3 Å². The molecule has 0 radical (unpaired) electrons. The van der Waals surface area contributed by atoms with E-state index in [-0.39, 0.29) is 12.4 Å². The Labute approximate surface area is 197 Å². The van der Waals surface area contributed by atoms with Crippen LogP contribution in [0.1, 0.15) is 26.2 Å². The third-order valence-electron chi connectivity index (χ3n) is 5.43. The molecule has 8 heteroatoms. The summed E-state index contributed by atoms with van der Waals surface area (Å²) in [5.41, 5.74) is 2.02. The number of esters is 1. The molecule has 5 nitrogen and oxygen atoms in total. The monoisotopic (exact) mass is 479 g/mol. The molecule has 0 spiro atoms. The Hall–Kier alpha value is -1.90. The average Bonchev–Trinajstić information content (AvgIpc) is 2.99. The number of fused-ring (bicyclic) bond motifs is 1. The number of hydrogen-bond donors (Lipinski definition) is 1. The van der Waals surface area contributed by atoms with Crippen LogP contribution in [0.3, 0.4) is 0 Å². The highest BCUT2D eigenvalue weighted by molar-refractivity contribution is 7.99. The normalized spacial score (nSPS) is 16.8. The number of unbranched alkanes of at least 4 members (excludes halogenated alkanes) is 1. The molecular formula is C24H30FNO4S2. The van der Waals surface area contributed by atoms with E-state index in [0.29, 0.717) is 11.7 Å². The molecule has 32 heavy (non-hydrogen) atoms. The summed E-state index contributed by atoms with van der Waals surface area (Å²) in [6.45, 7) is 2.89. The molecule has 0 saturated carbocycles. The second kappa shape index (κ2) is 11.8. The van der Waals surface area contributed by atoms with E-state index in [0.717, 1.165) is 46.3 Å². The first-order valence-electron chi connectivity index (χ1n) is 10.7. The van der Waals surface area contributed by atoms with Crippen LogP contribution in [-0.2, 0) is 9.53 Å². The van der Waals surface area contributed by atoms with Crippen molar-refractivity contribution in [1.82, 2.24) is 0 Å². The first-order chi connectivity index (χ1) is 15.5. The molecule has 1 heterocycles. The maximum atomic E-state index is 13.6. The van der Waals surface area contributed by atoms with E-state index < -0.39 is 12.1 Å². The van der Waals surface area contributed by atoms with Gasteiger partial charge in [-0.1, -0.05) is 19.8 Å². The number of carbonyl (C=O) groups is 1. The predicted molar refractivity (Wildman–Crippen MR) is 129 cm³/mol. The van der Waals surface area contributed by atoms with Crippen molar-refractivity contribution >= 4 is 40.9 Å². The lowest BCUT2D eigenvalue weighted by Crippen LogP contribution is -2.28. The highest BCUT2D eigenvalue weighted by atomic mass is 32.2. The molecule has 1 N–H and O–H groups in total. The summed E-state index contributed by atoms with van der Waals surface area (Å²) in [5, 5.41) is 9.91. The molecule has 2 atom stereocenters. The molecule has 0 fully saturated rings. The standard InChI is InChI=1S/C24H30FNO4S2/c1-4-5-6-16-13-26(18-9-7-17(25)8-10-18)19-11-23(31-3)21(12-22(19)32-15-16)30-14-20(27)24(28)29-2/h7-12,16,20,27H,4-6,13-15H2,1-3H3. The summed E-state index contributed by atoms with van der Waals surface area (Å²) in [4.78, 5) is 15.7. The number of aliphatic hydroxyl groups excluding tert-OH is 1. The van der Waals surface area contributed by atoms with E-state index >= 15 is 0 Å². The SMILES string of the molecule is CCCCC1CSc2cc(OCC(O)C(=O)OC)c(SC)cc2N(c2ccc(F)cc2)C1. The van der Waals surface area contributed by atoms with Gasteiger partial charge in [-0.05, 0) is 55.0 Å². The molecular weight excluding hydrogens is 449 g/mol. The van der Waals surface area contributed by atoms with Gasteiger partial charge in [-0.25, -0.2) is 9.18 Å². The van der Waals surface area contributed by atoms with E-state index in [1.165, 1.54) is 37.4 Å². The van der Waals surface area contributed by atoms with E-state index in [1.54, 1.807) is 11.8 Å². The van der Waals surface area contributed by atoms with E-state index in [4.69, 9.17) is 4.74 Å². The van der Waals surface area contributed by atoms with E-state index in [2.05, 4.69) is 22.6 Å². The Morgan fingerprint density at radius 1 is 1.34 bits per heavy atom. The van der Waals surface area contributed by atoms with Gasteiger partial charge in [-0.3, -0.25) is 0 Å². The summed E-state index contributed by atoms with van der Waals surface area (Å²) < 4.78 is 24.0. The number of thioether (sulfide) groups is 2. The van der Waals surface area contributed by atoms with Gasteiger partial charge in [0.05, 0.1) is 17.7 Å². The topological polar surface area (TPSA) is 59.0 Å². The summed E-state index contributed by atoms with van der Waals surface area (Å²) in [6, 6.07) is 10.7. The Kier molecular flexibility index (Phi) is 9.13. The van der Waals surface area contributed by atoms with Crippen LogP contribution in [0.2, 0.25) is 0 Å². The smallest absolute Gasteiger partial charge is 0.338 e. The third kappa shape index (κ3) is 6.11. The van der Waals surface area contributed by atoms with Gasteiger partial charge in [0.15, 0.2) is 6.10 Å². The van der Waals surface area contributed by atoms with Crippen LogP contribution in [0.5, 0.6) is 5.75 Å². The van der Waals surface area contributed by atoms with Crippen LogP contribution in [0, 0.1) is 11.7 Å². The lowest BCUT2D eigenvalue weighted by molar-refractivity contribution is -0.151. The van der Waals surface area contributed by atoms with Crippen molar-refractivity contribution in [3.05, 3.63) is 42.2 Å². The van der Waals surface area contributed by atoms with Crippen LogP contribution in [-0.4, -0.2) is 49.4 Å². The zero-order chi connectivity index (χ0) is 23.1. The van der Waals surface area contributed by atoms with Crippen molar-refractivity contribution in [2.24, 2.45) is 5.92 Å². The zero-order valence-corrected chi connectivity index (χ0v) is 20.3. The molecule has 1 aliphatic heterocycles. The molecule has 0 bridgehead atoms. The summed E-state index contributed by atoms with van der Waals surface area (Å²) in [5.74, 6) is 1.13. The minimum Gasteiger partial charge on any atom is -0.489 e. The minimum absolute atomic E-state index is 0.176. The summed E-state index contributed by atoms with van der Waals surface area (Å²) in [6.07, 6.45) is 4.09. The largest absolute Gasteiger partial charge is 0.489 e. The van der Waals surface area contributed by atoms with Crippen molar-refractivity contribution in [3.63, 3.8) is 0 Å².